The number of anilines is 1. The van der Waals surface area contributed by atoms with Gasteiger partial charge in [-0.3, -0.25) is 4.40 Å². The highest BCUT2D eigenvalue weighted by Gasteiger charge is 2.09. The molecule has 2 heterocycles. The predicted octanol–water partition coefficient (Wildman–Crippen LogP) is 1.66. The number of aromatic nitrogens is 3. The fourth-order valence-corrected chi connectivity index (χ4v) is 1.87. The third-order valence-electron chi connectivity index (χ3n) is 2.53. The van der Waals surface area contributed by atoms with Crippen molar-refractivity contribution in [3.05, 3.63) is 23.0 Å². The topological polar surface area (TPSA) is 45.5 Å². The van der Waals surface area contributed by atoms with Crippen molar-refractivity contribution in [3.8, 4) is 0 Å². The van der Waals surface area contributed by atoms with Crippen LogP contribution in [-0.4, -0.2) is 46.7 Å². The van der Waals surface area contributed by atoms with Crippen LogP contribution in [0.1, 0.15) is 5.82 Å². The minimum atomic E-state index is 0.680. The summed E-state index contributed by atoms with van der Waals surface area (Å²) < 4.78 is 1.93. The van der Waals surface area contributed by atoms with Gasteiger partial charge in [-0.2, -0.15) is 0 Å². The van der Waals surface area contributed by atoms with E-state index in [1.165, 1.54) is 0 Å². The zero-order chi connectivity index (χ0) is 12.4. The molecule has 5 nitrogen and oxygen atoms in total. The second-order valence-corrected chi connectivity index (χ2v) is 4.61. The molecule has 1 N–H and O–H groups in total. The SMILES string of the molecule is Cc1nnc2ccc(Cl)c(NCCN(C)C)n12. The van der Waals surface area contributed by atoms with Crippen LogP contribution in [0, 0.1) is 6.92 Å². The highest BCUT2D eigenvalue weighted by atomic mass is 35.5. The van der Waals surface area contributed by atoms with Gasteiger partial charge in [-0.15, -0.1) is 10.2 Å². The first-order valence-corrected chi connectivity index (χ1v) is 5.86. The zero-order valence-electron chi connectivity index (χ0n) is 10.2. The van der Waals surface area contributed by atoms with E-state index in [4.69, 9.17) is 11.6 Å². The molecule has 0 saturated heterocycles. The van der Waals surface area contributed by atoms with Gasteiger partial charge >= 0.3 is 0 Å². The van der Waals surface area contributed by atoms with E-state index < -0.39 is 0 Å². The summed E-state index contributed by atoms with van der Waals surface area (Å²) in [6.07, 6.45) is 0. The number of aryl methyl sites for hydroxylation is 1. The summed E-state index contributed by atoms with van der Waals surface area (Å²) in [4.78, 5) is 2.11. The molecule has 0 fully saturated rings. The number of rotatable bonds is 4. The molecule has 0 saturated carbocycles. The van der Waals surface area contributed by atoms with Gasteiger partial charge in [0.05, 0.1) is 5.02 Å². The number of pyridine rings is 1. The van der Waals surface area contributed by atoms with E-state index in [1.807, 2.05) is 37.6 Å². The smallest absolute Gasteiger partial charge is 0.162 e. The lowest BCUT2D eigenvalue weighted by Gasteiger charge is -2.14. The maximum Gasteiger partial charge on any atom is 0.162 e. The van der Waals surface area contributed by atoms with E-state index in [9.17, 15) is 0 Å². The van der Waals surface area contributed by atoms with Gasteiger partial charge in [-0.25, -0.2) is 0 Å². The first-order chi connectivity index (χ1) is 8.09. The lowest BCUT2D eigenvalue weighted by atomic mass is 10.4. The van der Waals surface area contributed by atoms with Crippen molar-refractivity contribution in [1.29, 1.82) is 0 Å². The van der Waals surface area contributed by atoms with E-state index in [1.54, 1.807) is 0 Å². The van der Waals surface area contributed by atoms with Gasteiger partial charge in [0, 0.05) is 13.1 Å². The molecular weight excluding hydrogens is 238 g/mol. The largest absolute Gasteiger partial charge is 0.369 e. The van der Waals surface area contributed by atoms with Gasteiger partial charge in [0.1, 0.15) is 11.6 Å². The Balaban J connectivity index is 2.30. The van der Waals surface area contributed by atoms with Crippen molar-refractivity contribution in [1.82, 2.24) is 19.5 Å². The second kappa shape index (κ2) is 4.89. The number of nitrogens with zero attached hydrogens (tertiary/aromatic N) is 4. The van der Waals surface area contributed by atoms with E-state index in [0.717, 1.165) is 30.4 Å². The van der Waals surface area contributed by atoms with Crippen molar-refractivity contribution in [2.75, 3.05) is 32.5 Å². The molecule has 0 radical (unpaired) electrons. The molecular formula is C11H16ClN5. The van der Waals surface area contributed by atoms with Gasteiger partial charge in [-0.05, 0) is 33.2 Å². The highest BCUT2D eigenvalue weighted by Crippen LogP contribution is 2.23. The molecule has 0 aliphatic heterocycles. The van der Waals surface area contributed by atoms with Crippen LogP contribution in [0.5, 0.6) is 0 Å². The molecule has 0 aromatic carbocycles. The van der Waals surface area contributed by atoms with Crippen molar-refractivity contribution in [2.45, 2.75) is 6.92 Å². The number of hydrogen-bond acceptors (Lipinski definition) is 4. The van der Waals surface area contributed by atoms with Gasteiger partial charge in [-0.1, -0.05) is 11.6 Å². The Morgan fingerprint density at radius 1 is 1.35 bits per heavy atom. The number of likely N-dealkylation sites (N-methyl/N-ethyl adjacent to an activating group) is 1. The maximum absolute atomic E-state index is 6.19. The van der Waals surface area contributed by atoms with Crippen molar-refractivity contribution >= 4 is 23.1 Å². The Bertz CT molecular complexity index is 520. The quantitative estimate of drug-likeness (QED) is 0.900. The number of fused-ring (bicyclic) bond motifs is 1. The van der Waals surface area contributed by atoms with E-state index in [-0.39, 0.29) is 0 Å². The van der Waals surface area contributed by atoms with Crippen molar-refractivity contribution in [2.24, 2.45) is 0 Å². The fraction of sp³-hybridized carbons (Fsp3) is 0.455. The molecule has 0 unspecified atom stereocenters. The molecule has 0 spiro atoms. The first-order valence-electron chi connectivity index (χ1n) is 5.48. The summed E-state index contributed by atoms with van der Waals surface area (Å²) in [6, 6.07) is 3.70. The molecule has 0 atom stereocenters. The lowest BCUT2D eigenvalue weighted by molar-refractivity contribution is 0.425. The van der Waals surface area contributed by atoms with E-state index in [2.05, 4.69) is 20.4 Å². The van der Waals surface area contributed by atoms with Crippen LogP contribution in [0.15, 0.2) is 12.1 Å². The molecule has 2 aromatic heterocycles. The zero-order valence-corrected chi connectivity index (χ0v) is 11.0. The molecule has 2 rings (SSSR count). The minimum Gasteiger partial charge on any atom is -0.369 e. The molecule has 17 heavy (non-hydrogen) atoms. The summed E-state index contributed by atoms with van der Waals surface area (Å²) >= 11 is 6.19. The van der Waals surface area contributed by atoms with Gasteiger partial charge in [0.15, 0.2) is 5.65 Å². The Morgan fingerprint density at radius 2 is 2.12 bits per heavy atom. The van der Waals surface area contributed by atoms with Crippen LogP contribution < -0.4 is 5.32 Å². The second-order valence-electron chi connectivity index (χ2n) is 4.20. The van der Waals surface area contributed by atoms with Gasteiger partial charge in [0.2, 0.25) is 0 Å². The van der Waals surface area contributed by atoms with Crippen molar-refractivity contribution < 1.29 is 0 Å². The van der Waals surface area contributed by atoms with Crippen LogP contribution in [0.3, 0.4) is 0 Å². The lowest BCUT2D eigenvalue weighted by Crippen LogP contribution is -2.21. The summed E-state index contributed by atoms with van der Waals surface area (Å²) in [5, 5.41) is 12.1. The Morgan fingerprint density at radius 3 is 2.82 bits per heavy atom. The number of halogens is 1. The molecule has 0 amide bonds. The molecule has 0 aliphatic rings. The standard InChI is InChI=1S/C11H16ClN5/c1-8-14-15-10-5-4-9(12)11(17(8)10)13-6-7-16(2)3/h4-5,13H,6-7H2,1-3H3. The number of hydrogen-bond donors (Lipinski definition) is 1. The highest BCUT2D eigenvalue weighted by molar-refractivity contribution is 6.33. The normalized spacial score (nSPS) is 11.4. The average molecular weight is 254 g/mol. The van der Waals surface area contributed by atoms with Crippen LogP contribution in [0.4, 0.5) is 5.82 Å². The summed E-state index contributed by atoms with van der Waals surface area (Å²) in [5.41, 5.74) is 0.805. The Kier molecular flexibility index (Phi) is 3.49. The van der Waals surface area contributed by atoms with Crippen LogP contribution >= 0.6 is 11.6 Å². The van der Waals surface area contributed by atoms with Crippen molar-refractivity contribution in [3.63, 3.8) is 0 Å². The van der Waals surface area contributed by atoms with Crippen LogP contribution in [0.2, 0.25) is 5.02 Å². The molecule has 2 aromatic rings. The van der Waals surface area contributed by atoms with Gasteiger partial charge in [0.25, 0.3) is 0 Å². The molecule has 0 bridgehead atoms. The third-order valence-corrected chi connectivity index (χ3v) is 2.83. The van der Waals surface area contributed by atoms with Crippen LogP contribution in [0.25, 0.3) is 5.65 Å². The van der Waals surface area contributed by atoms with E-state index >= 15 is 0 Å². The van der Waals surface area contributed by atoms with Gasteiger partial charge < -0.3 is 10.2 Å². The monoisotopic (exact) mass is 253 g/mol. The van der Waals surface area contributed by atoms with E-state index in [0.29, 0.717) is 5.02 Å². The average Bonchev–Trinajstić information content (AvgIpc) is 2.63. The first kappa shape index (κ1) is 12.1. The summed E-state index contributed by atoms with van der Waals surface area (Å²) in [5.74, 6) is 1.68. The fourth-order valence-electron chi connectivity index (χ4n) is 1.66. The summed E-state index contributed by atoms with van der Waals surface area (Å²) in [6.45, 7) is 3.67. The Hall–Kier alpha value is -1.33. The Labute approximate surface area is 105 Å². The summed E-state index contributed by atoms with van der Waals surface area (Å²) in [7, 11) is 4.07. The molecule has 0 aliphatic carbocycles. The maximum atomic E-state index is 6.19. The number of nitrogens with one attached hydrogen (secondary N) is 1. The minimum absolute atomic E-state index is 0.680. The van der Waals surface area contributed by atoms with Crippen LogP contribution in [-0.2, 0) is 0 Å². The molecule has 6 heteroatoms. The third kappa shape index (κ3) is 2.50. The predicted molar refractivity (Wildman–Crippen MR) is 69.8 cm³/mol. The molecule has 92 valence electrons.